The molecule has 0 aromatic heterocycles. The number of rotatable bonds is 7. The number of nitrogen functional groups attached to an aromatic ring is 1. The van der Waals surface area contributed by atoms with Crippen LogP contribution in [0.4, 0.5) is 5.69 Å². The summed E-state index contributed by atoms with van der Waals surface area (Å²) in [6, 6.07) is 8.44. The first-order chi connectivity index (χ1) is 7.77. The van der Waals surface area contributed by atoms with Gasteiger partial charge in [0.15, 0.2) is 0 Å². The van der Waals surface area contributed by atoms with Crippen molar-refractivity contribution >= 4 is 5.69 Å². The first-order valence-electron chi connectivity index (χ1n) is 6.63. The monoisotopic (exact) mass is 219 g/mol. The summed E-state index contributed by atoms with van der Waals surface area (Å²) in [5, 5.41) is 0. The third-order valence-corrected chi connectivity index (χ3v) is 3.20. The summed E-state index contributed by atoms with van der Waals surface area (Å²) in [5.41, 5.74) is 8.06. The third-order valence-electron chi connectivity index (χ3n) is 3.20. The van der Waals surface area contributed by atoms with Crippen LogP contribution in [0.3, 0.4) is 0 Å². The van der Waals surface area contributed by atoms with Crippen LogP contribution >= 0.6 is 0 Å². The van der Waals surface area contributed by atoms with Crippen molar-refractivity contribution in [1.29, 1.82) is 0 Å². The summed E-state index contributed by atoms with van der Waals surface area (Å²) in [7, 11) is 0. The topological polar surface area (TPSA) is 26.0 Å². The van der Waals surface area contributed by atoms with E-state index in [1.165, 1.54) is 44.1 Å². The molecule has 1 aromatic carbocycles. The van der Waals surface area contributed by atoms with Crippen molar-refractivity contribution in [2.45, 2.75) is 58.3 Å². The van der Waals surface area contributed by atoms with E-state index in [4.69, 9.17) is 5.73 Å². The van der Waals surface area contributed by atoms with Crippen LogP contribution in [-0.2, 0) is 0 Å². The molecule has 16 heavy (non-hydrogen) atoms. The largest absolute Gasteiger partial charge is 0.399 e. The van der Waals surface area contributed by atoms with Gasteiger partial charge in [-0.3, -0.25) is 0 Å². The lowest BCUT2D eigenvalue weighted by atomic mass is 9.89. The van der Waals surface area contributed by atoms with E-state index in [-0.39, 0.29) is 0 Å². The maximum absolute atomic E-state index is 5.72. The van der Waals surface area contributed by atoms with E-state index in [9.17, 15) is 0 Å². The summed E-state index contributed by atoms with van der Waals surface area (Å²) in [6.07, 6.45) is 7.90. The number of hydrogen-bond acceptors (Lipinski definition) is 1. The highest BCUT2D eigenvalue weighted by atomic mass is 14.5. The zero-order chi connectivity index (χ0) is 11.8. The molecule has 1 atom stereocenters. The molecular weight excluding hydrogens is 194 g/mol. The number of benzene rings is 1. The van der Waals surface area contributed by atoms with Gasteiger partial charge in [0.2, 0.25) is 0 Å². The van der Waals surface area contributed by atoms with Gasteiger partial charge in [0.25, 0.3) is 0 Å². The standard InChI is InChI=1S/C15H25N/c1-3-5-6-8-13(7-4-2)14-9-11-15(16)12-10-14/h9-13H,3-8,16H2,1-2H3. The predicted molar refractivity (Wildman–Crippen MR) is 72.6 cm³/mol. The van der Waals surface area contributed by atoms with E-state index >= 15 is 0 Å². The molecule has 1 unspecified atom stereocenters. The van der Waals surface area contributed by atoms with Crippen LogP contribution in [0.15, 0.2) is 24.3 Å². The molecule has 0 radical (unpaired) electrons. The molecule has 0 amide bonds. The maximum Gasteiger partial charge on any atom is 0.0314 e. The molecule has 0 aliphatic rings. The van der Waals surface area contributed by atoms with E-state index in [0.717, 1.165) is 11.6 Å². The van der Waals surface area contributed by atoms with Crippen molar-refractivity contribution in [3.63, 3.8) is 0 Å². The van der Waals surface area contributed by atoms with E-state index < -0.39 is 0 Å². The summed E-state index contributed by atoms with van der Waals surface area (Å²) in [4.78, 5) is 0. The molecule has 1 heteroatoms. The van der Waals surface area contributed by atoms with Crippen molar-refractivity contribution in [3.05, 3.63) is 29.8 Å². The first-order valence-corrected chi connectivity index (χ1v) is 6.63. The Balaban J connectivity index is 2.57. The minimum Gasteiger partial charge on any atom is -0.399 e. The van der Waals surface area contributed by atoms with Gasteiger partial charge in [-0.1, -0.05) is 51.7 Å². The van der Waals surface area contributed by atoms with Gasteiger partial charge in [-0.25, -0.2) is 0 Å². The third kappa shape index (κ3) is 4.26. The van der Waals surface area contributed by atoms with E-state index in [2.05, 4.69) is 26.0 Å². The summed E-state index contributed by atoms with van der Waals surface area (Å²) in [5.74, 6) is 0.733. The van der Waals surface area contributed by atoms with E-state index in [1.54, 1.807) is 0 Å². The Labute approximate surface area is 100 Å². The average Bonchev–Trinajstić information content (AvgIpc) is 2.29. The van der Waals surface area contributed by atoms with Gasteiger partial charge in [-0.2, -0.15) is 0 Å². The quantitative estimate of drug-likeness (QED) is 0.520. The molecule has 90 valence electrons. The molecule has 2 N–H and O–H groups in total. The zero-order valence-corrected chi connectivity index (χ0v) is 10.7. The van der Waals surface area contributed by atoms with Crippen LogP contribution in [0.1, 0.15) is 63.9 Å². The van der Waals surface area contributed by atoms with Crippen LogP contribution in [0.2, 0.25) is 0 Å². The molecule has 0 heterocycles. The van der Waals surface area contributed by atoms with Crippen LogP contribution in [-0.4, -0.2) is 0 Å². The normalized spacial score (nSPS) is 12.6. The number of unbranched alkanes of at least 4 members (excludes halogenated alkanes) is 2. The number of anilines is 1. The van der Waals surface area contributed by atoms with Crippen molar-refractivity contribution < 1.29 is 0 Å². The second kappa shape index (κ2) is 7.32. The Kier molecular flexibility index (Phi) is 5.99. The highest BCUT2D eigenvalue weighted by molar-refractivity contribution is 5.40. The predicted octanol–water partition coefficient (Wildman–Crippen LogP) is 4.73. The number of nitrogens with two attached hydrogens (primary N) is 1. The second-order valence-electron chi connectivity index (χ2n) is 4.65. The van der Waals surface area contributed by atoms with E-state index in [0.29, 0.717) is 0 Å². The van der Waals surface area contributed by atoms with Gasteiger partial charge in [0.05, 0.1) is 0 Å². The van der Waals surface area contributed by atoms with Gasteiger partial charge in [-0.05, 0) is 36.5 Å². The summed E-state index contributed by atoms with van der Waals surface area (Å²) < 4.78 is 0. The van der Waals surface area contributed by atoms with E-state index in [1.807, 2.05) is 12.1 Å². The van der Waals surface area contributed by atoms with Crippen LogP contribution in [0, 0.1) is 0 Å². The molecule has 0 aliphatic heterocycles. The lowest BCUT2D eigenvalue weighted by Crippen LogP contribution is -1.99. The molecular formula is C15H25N. The zero-order valence-electron chi connectivity index (χ0n) is 10.7. The van der Waals surface area contributed by atoms with Gasteiger partial charge >= 0.3 is 0 Å². The second-order valence-corrected chi connectivity index (χ2v) is 4.65. The van der Waals surface area contributed by atoms with Gasteiger partial charge in [0, 0.05) is 5.69 Å². The first kappa shape index (κ1) is 13.1. The van der Waals surface area contributed by atoms with Crippen LogP contribution in [0.5, 0.6) is 0 Å². The van der Waals surface area contributed by atoms with Gasteiger partial charge in [0.1, 0.15) is 0 Å². The fourth-order valence-electron chi connectivity index (χ4n) is 2.24. The fourth-order valence-corrected chi connectivity index (χ4v) is 2.24. The SMILES string of the molecule is CCCCCC(CCC)c1ccc(N)cc1. The molecule has 0 bridgehead atoms. The number of hydrogen-bond donors (Lipinski definition) is 1. The smallest absolute Gasteiger partial charge is 0.0314 e. The Morgan fingerprint density at radius 1 is 0.938 bits per heavy atom. The summed E-state index contributed by atoms with van der Waals surface area (Å²) >= 11 is 0. The molecule has 1 rings (SSSR count). The molecule has 0 saturated heterocycles. The molecule has 1 nitrogen and oxygen atoms in total. The minimum absolute atomic E-state index is 0.733. The van der Waals surface area contributed by atoms with Crippen molar-refractivity contribution in [3.8, 4) is 0 Å². The average molecular weight is 219 g/mol. The Hall–Kier alpha value is -0.980. The maximum atomic E-state index is 5.72. The molecule has 0 saturated carbocycles. The summed E-state index contributed by atoms with van der Waals surface area (Å²) in [6.45, 7) is 4.53. The van der Waals surface area contributed by atoms with Crippen molar-refractivity contribution in [2.24, 2.45) is 0 Å². The van der Waals surface area contributed by atoms with Gasteiger partial charge < -0.3 is 5.73 Å². The van der Waals surface area contributed by atoms with Crippen LogP contribution in [0.25, 0.3) is 0 Å². The highest BCUT2D eigenvalue weighted by Crippen LogP contribution is 2.27. The Morgan fingerprint density at radius 3 is 2.19 bits per heavy atom. The fraction of sp³-hybridized carbons (Fsp3) is 0.600. The Morgan fingerprint density at radius 2 is 1.62 bits per heavy atom. The van der Waals surface area contributed by atoms with Crippen LogP contribution < -0.4 is 5.73 Å². The lowest BCUT2D eigenvalue weighted by Gasteiger charge is -2.16. The molecule has 0 spiro atoms. The molecule has 0 aliphatic carbocycles. The van der Waals surface area contributed by atoms with Crippen molar-refractivity contribution in [2.75, 3.05) is 5.73 Å². The van der Waals surface area contributed by atoms with Crippen molar-refractivity contribution in [1.82, 2.24) is 0 Å². The lowest BCUT2D eigenvalue weighted by molar-refractivity contribution is 0.529. The molecule has 1 aromatic rings. The van der Waals surface area contributed by atoms with Gasteiger partial charge in [-0.15, -0.1) is 0 Å². The highest BCUT2D eigenvalue weighted by Gasteiger charge is 2.09. The minimum atomic E-state index is 0.733. The molecule has 0 fully saturated rings. The Bertz CT molecular complexity index is 276.